The van der Waals surface area contributed by atoms with E-state index in [0.29, 0.717) is 0 Å². The highest BCUT2D eigenvalue weighted by atomic mass is 32.2. The molecule has 1 aromatic carbocycles. The van der Waals surface area contributed by atoms with Crippen LogP contribution in [0, 0.1) is 5.92 Å². The van der Waals surface area contributed by atoms with Gasteiger partial charge in [-0.25, -0.2) is 4.79 Å². The van der Waals surface area contributed by atoms with E-state index in [1.807, 2.05) is 30.0 Å². The monoisotopic (exact) mass is 249 g/mol. The minimum Gasteiger partial charge on any atom is -0.385 e. The fourth-order valence-corrected chi connectivity index (χ4v) is 3.43. The maximum atomic E-state index is 11.1. The van der Waals surface area contributed by atoms with Crippen LogP contribution in [0.5, 0.6) is 0 Å². The van der Waals surface area contributed by atoms with Crippen LogP contribution < -0.4 is 11.0 Å². The molecular formula is C12H15N3OS. The Morgan fingerprint density at radius 2 is 2.24 bits per heavy atom. The second kappa shape index (κ2) is 4.49. The molecule has 1 aliphatic heterocycles. The van der Waals surface area contributed by atoms with Crippen molar-refractivity contribution in [3.63, 3.8) is 0 Å². The SMILES string of the molecule is O=c1[nH]c2ccc(NCC3CCSC3)cc2[nH]1. The average molecular weight is 249 g/mol. The molecule has 1 saturated heterocycles. The fraction of sp³-hybridized carbons (Fsp3) is 0.417. The Bertz CT molecular complexity index is 568. The molecule has 90 valence electrons. The Morgan fingerprint density at radius 3 is 3.06 bits per heavy atom. The quantitative estimate of drug-likeness (QED) is 0.780. The van der Waals surface area contributed by atoms with Crippen LogP contribution in [0.4, 0.5) is 5.69 Å². The van der Waals surface area contributed by atoms with E-state index >= 15 is 0 Å². The molecule has 2 heterocycles. The van der Waals surface area contributed by atoms with Crippen molar-refractivity contribution in [1.82, 2.24) is 9.97 Å². The number of nitrogens with one attached hydrogen (secondary N) is 3. The average Bonchev–Trinajstić information content (AvgIpc) is 2.92. The molecule has 1 atom stereocenters. The molecule has 17 heavy (non-hydrogen) atoms. The van der Waals surface area contributed by atoms with Gasteiger partial charge in [0.15, 0.2) is 0 Å². The van der Waals surface area contributed by atoms with Gasteiger partial charge in [0.1, 0.15) is 0 Å². The zero-order valence-corrected chi connectivity index (χ0v) is 10.3. The Labute approximate surface area is 103 Å². The van der Waals surface area contributed by atoms with Crippen LogP contribution in [-0.4, -0.2) is 28.0 Å². The van der Waals surface area contributed by atoms with Crippen molar-refractivity contribution in [2.75, 3.05) is 23.4 Å². The highest BCUT2D eigenvalue weighted by molar-refractivity contribution is 7.99. The number of H-pyrrole nitrogens is 2. The Hall–Kier alpha value is -1.36. The van der Waals surface area contributed by atoms with Gasteiger partial charge < -0.3 is 15.3 Å². The molecule has 1 aliphatic rings. The number of aromatic nitrogens is 2. The number of hydrogen-bond acceptors (Lipinski definition) is 3. The van der Waals surface area contributed by atoms with Crippen LogP contribution in [0.3, 0.4) is 0 Å². The molecule has 3 N–H and O–H groups in total. The molecule has 1 fully saturated rings. The maximum Gasteiger partial charge on any atom is 0.323 e. The minimum atomic E-state index is -0.149. The molecule has 2 aromatic rings. The number of anilines is 1. The second-order valence-corrected chi connectivity index (χ2v) is 5.60. The highest BCUT2D eigenvalue weighted by Gasteiger charge is 2.14. The summed E-state index contributed by atoms with van der Waals surface area (Å²) in [5.41, 5.74) is 2.65. The van der Waals surface area contributed by atoms with Crippen LogP contribution in [0.1, 0.15) is 6.42 Å². The molecule has 0 bridgehead atoms. The normalized spacial score (nSPS) is 19.9. The van der Waals surface area contributed by atoms with Crippen molar-refractivity contribution in [2.45, 2.75) is 6.42 Å². The fourth-order valence-electron chi connectivity index (χ4n) is 2.15. The number of rotatable bonds is 3. The number of thioether (sulfide) groups is 1. The summed E-state index contributed by atoms with van der Waals surface area (Å²) in [6.45, 7) is 1.02. The van der Waals surface area contributed by atoms with Gasteiger partial charge in [-0.3, -0.25) is 0 Å². The number of benzene rings is 1. The van der Waals surface area contributed by atoms with Crippen molar-refractivity contribution in [2.24, 2.45) is 5.92 Å². The number of aromatic amines is 2. The summed E-state index contributed by atoms with van der Waals surface area (Å²) in [5, 5.41) is 3.44. The summed E-state index contributed by atoms with van der Waals surface area (Å²) >= 11 is 2.03. The van der Waals surface area contributed by atoms with Gasteiger partial charge in [-0.2, -0.15) is 11.8 Å². The van der Waals surface area contributed by atoms with Crippen LogP contribution in [0.2, 0.25) is 0 Å². The number of fused-ring (bicyclic) bond motifs is 1. The van der Waals surface area contributed by atoms with E-state index in [1.165, 1.54) is 17.9 Å². The lowest BCUT2D eigenvalue weighted by molar-refractivity contribution is 0.632. The van der Waals surface area contributed by atoms with Crippen molar-refractivity contribution in [3.8, 4) is 0 Å². The number of hydrogen-bond donors (Lipinski definition) is 3. The van der Waals surface area contributed by atoms with E-state index < -0.39 is 0 Å². The Morgan fingerprint density at radius 1 is 1.35 bits per heavy atom. The molecule has 1 unspecified atom stereocenters. The third-order valence-electron chi connectivity index (χ3n) is 3.13. The minimum absolute atomic E-state index is 0.149. The van der Waals surface area contributed by atoms with Gasteiger partial charge in [-0.1, -0.05) is 0 Å². The van der Waals surface area contributed by atoms with E-state index in [0.717, 1.165) is 29.2 Å². The third-order valence-corrected chi connectivity index (χ3v) is 4.37. The van der Waals surface area contributed by atoms with Gasteiger partial charge in [0.05, 0.1) is 11.0 Å². The lowest BCUT2D eigenvalue weighted by Crippen LogP contribution is -2.13. The van der Waals surface area contributed by atoms with Crippen molar-refractivity contribution < 1.29 is 0 Å². The standard InChI is InChI=1S/C12H15N3OS/c16-12-14-10-2-1-9(5-11(10)15-12)13-6-8-3-4-17-7-8/h1-2,5,8,13H,3-4,6-7H2,(H2,14,15,16). The second-order valence-electron chi connectivity index (χ2n) is 4.45. The third kappa shape index (κ3) is 2.34. The van der Waals surface area contributed by atoms with Gasteiger partial charge in [0.2, 0.25) is 0 Å². The summed E-state index contributed by atoms with van der Waals surface area (Å²) in [6, 6.07) is 5.92. The maximum absolute atomic E-state index is 11.1. The van der Waals surface area contributed by atoms with E-state index in [9.17, 15) is 4.79 Å². The van der Waals surface area contributed by atoms with Gasteiger partial charge in [-0.05, 0) is 42.0 Å². The first kappa shape index (κ1) is 10.8. The number of imidazole rings is 1. The van der Waals surface area contributed by atoms with Gasteiger partial charge >= 0.3 is 5.69 Å². The summed E-state index contributed by atoms with van der Waals surface area (Å²) in [4.78, 5) is 16.6. The molecule has 1 aromatic heterocycles. The molecule has 3 rings (SSSR count). The van der Waals surface area contributed by atoms with Crippen LogP contribution >= 0.6 is 11.8 Å². The molecule has 4 nitrogen and oxygen atoms in total. The Kier molecular flexibility index (Phi) is 2.84. The lowest BCUT2D eigenvalue weighted by Gasteiger charge is -2.11. The topological polar surface area (TPSA) is 60.7 Å². The van der Waals surface area contributed by atoms with Crippen molar-refractivity contribution in [1.29, 1.82) is 0 Å². The molecule has 0 saturated carbocycles. The van der Waals surface area contributed by atoms with Gasteiger partial charge in [-0.15, -0.1) is 0 Å². The summed E-state index contributed by atoms with van der Waals surface area (Å²) in [7, 11) is 0. The van der Waals surface area contributed by atoms with Crippen LogP contribution in [0.25, 0.3) is 11.0 Å². The van der Waals surface area contributed by atoms with Crippen molar-refractivity contribution >= 4 is 28.5 Å². The zero-order chi connectivity index (χ0) is 11.7. The smallest absolute Gasteiger partial charge is 0.323 e. The Balaban J connectivity index is 1.73. The summed E-state index contributed by atoms with van der Waals surface area (Å²) < 4.78 is 0. The molecular weight excluding hydrogens is 234 g/mol. The van der Waals surface area contributed by atoms with Gasteiger partial charge in [0.25, 0.3) is 0 Å². The zero-order valence-electron chi connectivity index (χ0n) is 9.45. The van der Waals surface area contributed by atoms with E-state index in [-0.39, 0.29) is 5.69 Å². The summed E-state index contributed by atoms with van der Waals surface area (Å²) in [5.74, 6) is 3.33. The van der Waals surface area contributed by atoms with E-state index in [4.69, 9.17) is 0 Å². The summed E-state index contributed by atoms with van der Waals surface area (Å²) in [6.07, 6.45) is 1.31. The lowest BCUT2D eigenvalue weighted by atomic mass is 10.1. The first-order valence-corrected chi connectivity index (χ1v) is 7.00. The molecule has 0 radical (unpaired) electrons. The predicted octanol–water partition coefficient (Wildman–Crippen LogP) is 2.02. The molecule has 0 aliphatic carbocycles. The largest absolute Gasteiger partial charge is 0.385 e. The molecule has 0 amide bonds. The van der Waals surface area contributed by atoms with E-state index in [1.54, 1.807) is 0 Å². The predicted molar refractivity (Wildman–Crippen MR) is 72.8 cm³/mol. The van der Waals surface area contributed by atoms with Crippen molar-refractivity contribution in [3.05, 3.63) is 28.7 Å². The van der Waals surface area contributed by atoms with Gasteiger partial charge in [0, 0.05) is 12.2 Å². The first-order valence-electron chi connectivity index (χ1n) is 5.85. The van der Waals surface area contributed by atoms with E-state index in [2.05, 4.69) is 15.3 Å². The van der Waals surface area contributed by atoms with Crippen LogP contribution in [0.15, 0.2) is 23.0 Å². The first-order chi connectivity index (χ1) is 8.31. The van der Waals surface area contributed by atoms with Crippen LogP contribution in [-0.2, 0) is 0 Å². The molecule has 0 spiro atoms. The highest BCUT2D eigenvalue weighted by Crippen LogP contribution is 2.24. The molecule has 5 heteroatoms.